The smallest absolute Gasteiger partial charge is 0.193 e. The fourth-order valence-corrected chi connectivity index (χ4v) is 4.75. The Labute approximate surface area is 167 Å². The molecule has 1 aromatic rings. The summed E-state index contributed by atoms with van der Waals surface area (Å²) >= 11 is 1.71. The van der Waals surface area contributed by atoms with E-state index < -0.39 is 0 Å². The van der Waals surface area contributed by atoms with Crippen LogP contribution in [0, 0.1) is 5.92 Å². The first kappa shape index (κ1) is 20.5. The zero-order valence-corrected chi connectivity index (χ0v) is 17.8. The summed E-state index contributed by atoms with van der Waals surface area (Å²) in [5.41, 5.74) is 0. The van der Waals surface area contributed by atoms with Crippen LogP contribution in [0.3, 0.4) is 0 Å². The number of hydrogen-bond donors (Lipinski definition) is 1. The minimum atomic E-state index is 0.595. The van der Waals surface area contributed by atoms with Gasteiger partial charge in [-0.2, -0.15) is 0 Å². The molecule has 3 rings (SSSR count). The molecule has 8 heteroatoms. The number of rotatable bonds is 8. The highest BCUT2D eigenvalue weighted by atomic mass is 32.2. The number of guanidine groups is 1. The van der Waals surface area contributed by atoms with E-state index in [-0.39, 0.29) is 0 Å². The summed E-state index contributed by atoms with van der Waals surface area (Å²) in [5, 5.41) is 13.5. The van der Waals surface area contributed by atoms with E-state index in [0.29, 0.717) is 12.0 Å². The summed E-state index contributed by atoms with van der Waals surface area (Å²) in [4.78, 5) is 6.64. The zero-order chi connectivity index (χ0) is 19.1. The molecule has 1 aliphatic heterocycles. The lowest BCUT2D eigenvalue weighted by atomic mass is 10.1. The Bertz CT molecular complexity index is 607. The Hall–Kier alpha value is -1.28. The van der Waals surface area contributed by atoms with Gasteiger partial charge in [-0.05, 0) is 31.9 Å². The highest BCUT2D eigenvalue weighted by Gasteiger charge is 2.23. The van der Waals surface area contributed by atoms with Crippen LogP contribution in [0.5, 0.6) is 0 Å². The molecule has 7 nitrogen and oxygen atoms in total. The van der Waals surface area contributed by atoms with Crippen LogP contribution in [-0.4, -0.2) is 72.3 Å². The molecular formula is C19H34N6OS. The number of aliphatic imine (C=N–C) groups is 1. The van der Waals surface area contributed by atoms with Crippen molar-refractivity contribution in [2.24, 2.45) is 10.9 Å². The normalized spacial score (nSPS) is 21.1. The van der Waals surface area contributed by atoms with Crippen molar-refractivity contribution in [3.05, 3.63) is 5.82 Å². The molecule has 1 saturated heterocycles. The van der Waals surface area contributed by atoms with Crippen molar-refractivity contribution in [3.63, 3.8) is 0 Å². The highest BCUT2D eigenvalue weighted by Crippen LogP contribution is 2.33. The number of aromatic nitrogens is 3. The molecule has 0 radical (unpaired) electrons. The molecule has 0 amide bonds. The molecule has 0 bridgehead atoms. The minimum absolute atomic E-state index is 0.595. The second kappa shape index (κ2) is 10.3. The van der Waals surface area contributed by atoms with Gasteiger partial charge in [0.15, 0.2) is 11.1 Å². The molecule has 0 aromatic carbocycles. The van der Waals surface area contributed by atoms with E-state index >= 15 is 0 Å². The van der Waals surface area contributed by atoms with Gasteiger partial charge >= 0.3 is 0 Å². The van der Waals surface area contributed by atoms with Crippen LogP contribution < -0.4 is 5.32 Å². The van der Waals surface area contributed by atoms with Crippen molar-refractivity contribution < 1.29 is 4.74 Å². The van der Waals surface area contributed by atoms with E-state index in [2.05, 4.69) is 43.3 Å². The van der Waals surface area contributed by atoms with Crippen LogP contribution in [0.1, 0.15) is 50.4 Å². The SMILES string of the molecule is CN=C(NCCCc1nnc(SC)n1C1CCCC1)N(C)CC1CCOC1. The molecular weight excluding hydrogens is 360 g/mol. The summed E-state index contributed by atoms with van der Waals surface area (Å²) in [7, 11) is 3.96. The number of ether oxygens (including phenoxy) is 1. The van der Waals surface area contributed by atoms with E-state index in [1.807, 2.05) is 7.05 Å². The molecule has 1 aromatic heterocycles. The molecule has 1 atom stereocenters. The molecule has 1 unspecified atom stereocenters. The maximum absolute atomic E-state index is 5.48. The van der Waals surface area contributed by atoms with Crippen LogP contribution in [0.2, 0.25) is 0 Å². The summed E-state index contributed by atoms with van der Waals surface area (Å²) in [5.74, 6) is 2.71. The van der Waals surface area contributed by atoms with Gasteiger partial charge in [-0.25, -0.2) is 0 Å². The van der Waals surface area contributed by atoms with E-state index in [9.17, 15) is 0 Å². The molecule has 2 aliphatic rings. The molecule has 1 saturated carbocycles. The van der Waals surface area contributed by atoms with Crippen molar-refractivity contribution in [1.82, 2.24) is 25.0 Å². The number of thioether (sulfide) groups is 1. The lowest BCUT2D eigenvalue weighted by molar-refractivity contribution is 0.181. The predicted octanol–water partition coefficient (Wildman–Crippen LogP) is 2.59. The maximum Gasteiger partial charge on any atom is 0.193 e. The van der Waals surface area contributed by atoms with Gasteiger partial charge in [0.2, 0.25) is 0 Å². The van der Waals surface area contributed by atoms with Gasteiger partial charge in [0.25, 0.3) is 0 Å². The highest BCUT2D eigenvalue weighted by molar-refractivity contribution is 7.98. The van der Waals surface area contributed by atoms with Crippen molar-refractivity contribution in [2.45, 2.75) is 56.1 Å². The second-order valence-electron chi connectivity index (χ2n) is 7.60. The number of nitrogens with zero attached hydrogens (tertiary/aromatic N) is 5. The second-order valence-corrected chi connectivity index (χ2v) is 8.37. The maximum atomic E-state index is 5.48. The first-order chi connectivity index (χ1) is 13.2. The standard InChI is InChI=1S/C19H34N6OS/c1-20-18(24(2)13-15-10-12-26-14-15)21-11-6-9-17-22-23-19(27-3)25(17)16-7-4-5-8-16/h15-16H,4-14H2,1-3H3,(H,20,21). The van der Waals surface area contributed by atoms with Crippen LogP contribution in [0.15, 0.2) is 10.1 Å². The Morgan fingerprint density at radius 2 is 2.15 bits per heavy atom. The van der Waals surface area contributed by atoms with Crippen molar-refractivity contribution >= 4 is 17.7 Å². The third kappa shape index (κ3) is 5.38. The average molecular weight is 395 g/mol. The zero-order valence-electron chi connectivity index (χ0n) is 17.0. The molecule has 152 valence electrons. The lowest BCUT2D eigenvalue weighted by Gasteiger charge is -2.24. The Morgan fingerprint density at radius 3 is 2.81 bits per heavy atom. The van der Waals surface area contributed by atoms with Crippen LogP contribution in [-0.2, 0) is 11.2 Å². The quantitative estimate of drug-likeness (QED) is 0.316. The van der Waals surface area contributed by atoms with Crippen molar-refractivity contribution in [2.75, 3.05) is 46.7 Å². The summed E-state index contributed by atoms with van der Waals surface area (Å²) in [6.45, 7) is 3.65. The molecule has 27 heavy (non-hydrogen) atoms. The third-order valence-electron chi connectivity index (χ3n) is 5.60. The molecule has 1 aliphatic carbocycles. The van der Waals surface area contributed by atoms with Gasteiger partial charge in [0.05, 0.1) is 6.61 Å². The molecule has 2 fully saturated rings. The first-order valence-corrected chi connectivity index (χ1v) is 11.4. The molecule has 0 spiro atoms. The largest absolute Gasteiger partial charge is 0.381 e. The number of aryl methyl sites for hydroxylation is 1. The van der Waals surface area contributed by atoms with Gasteiger partial charge in [-0.3, -0.25) is 4.99 Å². The monoisotopic (exact) mass is 394 g/mol. The van der Waals surface area contributed by atoms with Gasteiger partial charge in [0, 0.05) is 52.2 Å². The Balaban J connectivity index is 1.47. The van der Waals surface area contributed by atoms with Gasteiger partial charge in [0.1, 0.15) is 5.82 Å². The van der Waals surface area contributed by atoms with E-state index in [1.165, 1.54) is 25.7 Å². The predicted molar refractivity (Wildman–Crippen MR) is 111 cm³/mol. The molecule has 1 N–H and O–H groups in total. The van der Waals surface area contributed by atoms with Crippen LogP contribution in [0.25, 0.3) is 0 Å². The van der Waals surface area contributed by atoms with Gasteiger partial charge in [-0.15, -0.1) is 10.2 Å². The van der Waals surface area contributed by atoms with Crippen molar-refractivity contribution in [3.8, 4) is 0 Å². The third-order valence-corrected chi connectivity index (χ3v) is 6.24. The Morgan fingerprint density at radius 1 is 1.33 bits per heavy atom. The first-order valence-electron chi connectivity index (χ1n) is 10.2. The van der Waals surface area contributed by atoms with Gasteiger partial charge < -0.3 is 19.5 Å². The van der Waals surface area contributed by atoms with E-state index in [4.69, 9.17) is 4.74 Å². The topological polar surface area (TPSA) is 67.6 Å². The van der Waals surface area contributed by atoms with E-state index in [1.54, 1.807) is 11.8 Å². The lowest BCUT2D eigenvalue weighted by Crippen LogP contribution is -2.41. The fourth-order valence-electron chi connectivity index (χ4n) is 4.18. The average Bonchev–Trinajstić information content (AvgIpc) is 3.42. The molecule has 2 heterocycles. The summed E-state index contributed by atoms with van der Waals surface area (Å²) < 4.78 is 7.88. The number of nitrogens with one attached hydrogen (secondary N) is 1. The van der Waals surface area contributed by atoms with Crippen molar-refractivity contribution in [1.29, 1.82) is 0 Å². The van der Waals surface area contributed by atoms with E-state index in [0.717, 1.165) is 62.5 Å². The number of hydrogen-bond acceptors (Lipinski definition) is 5. The van der Waals surface area contributed by atoms with Crippen LogP contribution >= 0.6 is 11.8 Å². The Kier molecular flexibility index (Phi) is 7.81. The summed E-state index contributed by atoms with van der Waals surface area (Å²) in [6.07, 6.45) is 10.4. The minimum Gasteiger partial charge on any atom is -0.381 e. The van der Waals surface area contributed by atoms with Crippen LogP contribution in [0.4, 0.5) is 0 Å². The summed E-state index contributed by atoms with van der Waals surface area (Å²) in [6, 6.07) is 0.595. The van der Waals surface area contributed by atoms with Gasteiger partial charge in [-0.1, -0.05) is 24.6 Å². The fraction of sp³-hybridized carbons (Fsp3) is 0.842.